The molecule has 1 atom stereocenters. The number of likely N-dealkylation sites (tertiary alicyclic amines) is 1. The fourth-order valence-electron chi connectivity index (χ4n) is 3.26. The van der Waals surface area contributed by atoms with E-state index in [2.05, 4.69) is 6.92 Å². The molecule has 3 rings (SSSR count). The molecule has 29 heavy (non-hydrogen) atoms. The lowest BCUT2D eigenvalue weighted by atomic mass is 9.99. The maximum Gasteiger partial charge on any atom is 0.342 e. The van der Waals surface area contributed by atoms with Gasteiger partial charge < -0.3 is 14.4 Å². The minimum absolute atomic E-state index is 0.171. The van der Waals surface area contributed by atoms with Crippen LogP contribution in [0.2, 0.25) is 0 Å². The van der Waals surface area contributed by atoms with Crippen molar-refractivity contribution in [2.24, 2.45) is 5.92 Å². The Morgan fingerprint density at radius 3 is 2.45 bits per heavy atom. The van der Waals surface area contributed by atoms with Gasteiger partial charge in [0.2, 0.25) is 0 Å². The number of nitrogens with zero attached hydrogens (tertiary/aromatic N) is 1. The number of para-hydroxylation sites is 1. The maximum absolute atomic E-state index is 13.0. The Hall–Kier alpha value is -2.89. The first-order valence-corrected chi connectivity index (χ1v) is 9.90. The van der Waals surface area contributed by atoms with E-state index in [9.17, 15) is 14.0 Å². The van der Waals surface area contributed by atoms with Gasteiger partial charge in [-0.2, -0.15) is 0 Å². The van der Waals surface area contributed by atoms with Crippen molar-refractivity contribution in [2.75, 3.05) is 13.1 Å². The third-order valence-electron chi connectivity index (χ3n) is 5.14. The summed E-state index contributed by atoms with van der Waals surface area (Å²) < 4.78 is 24.2. The first-order valence-electron chi connectivity index (χ1n) is 9.90. The molecule has 1 amide bonds. The fraction of sp³-hybridized carbons (Fsp3) is 0.391. The average Bonchev–Trinajstić information content (AvgIpc) is 2.73. The number of hydrogen-bond donors (Lipinski definition) is 0. The van der Waals surface area contributed by atoms with Crippen LogP contribution in [0.5, 0.6) is 5.75 Å². The first kappa shape index (κ1) is 20.8. The molecule has 6 heteroatoms. The standard InChI is InChI=1S/C23H26FNO4/c1-16-11-13-25(14-12-16)22(26)17(2)29-23(27)20-5-3-4-6-21(20)28-15-18-7-9-19(24)10-8-18/h3-10,16-17H,11-15H2,1-2H3/t17-/m0/s1. The molecule has 1 fully saturated rings. The topological polar surface area (TPSA) is 55.8 Å². The third kappa shape index (κ3) is 5.56. The summed E-state index contributed by atoms with van der Waals surface area (Å²) in [7, 11) is 0. The summed E-state index contributed by atoms with van der Waals surface area (Å²) in [5, 5.41) is 0. The largest absolute Gasteiger partial charge is 0.488 e. The van der Waals surface area contributed by atoms with Crippen LogP contribution in [-0.2, 0) is 16.1 Å². The second-order valence-corrected chi connectivity index (χ2v) is 7.47. The van der Waals surface area contributed by atoms with Gasteiger partial charge in [-0.15, -0.1) is 0 Å². The minimum Gasteiger partial charge on any atom is -0.488 e. The normalized spacial score (nSPS) is 15.6. The van der Waals surface area contributed by atoms with Gasteiger partial charge >= 0.3 is 5.97 Å². The maximum atomic E-state index is 13.0. The number of esters is 1. The summed E-state index contributed by atoms with van der Waals surface area (Å²) in [5.74, 6) is -0.129. The van der Waals surface area contributed by atoms with E-state index in [1.807, 2.05) is 0 Å². The zero-order chi connectivity index (χ0) is 20.8. The molecule has 5 nitrogen and oxygen atoms in total. The lowest BCUT2D eigenvalue weighted by Gasteiger charge is -2.31. The van der Waals surface area contributed by atoms with Gasteiger partial charge in [0.05, 0.1) is 0 Å². The molecule has 1 aliphatic rings. The highest BCUT2D eigenvalue weighted by Gasteiger charge is 2.27. The lowest BCUT2D eigenvalue weighted by molar-refractivity contribution is -0.141. The molecule has 0 radical (unpaired) electrons. The fourth-order valence-corrected chi connectivity index (χ4v) is 3.26. The number of amides is 1. The average molecular weight is 399 g/mol. The quantitative estimate of drug-likeness (QED) is 0.683. The van der Waals surface area contributed by atoms with Crippen molar-refractivity contribution in [3.63, 3.8) is 0 Å². The Morgan fingerprint density at radius 2 is 1.76 bits per heavy atom. The van der Waals surface area contributed by atoms with E-state index >= 15 is 0 Å². The van der Waals surface area contributed by atoms with Crippen LogP contribution in [0.3, 0.4) is 0 Å². The first-order chi connectivity index (χ1) is 13.9. The van der Waals surface area contributed by atoms with E-state index in [0.717, 1.165) is 18.4 Å². The molecule has 0 N–H and O–H groups in total. The predicted octanol–water partition coefficient (Wildman–Crippen LogP) is 4.21. The molecule has 154 valence electrons. The summed E-state index contributed by atoms with van der Waals surface area (Å²) in [6, 6.07) is 12.7. The molecule has 2 aromatic rings. The van der Waals surface area contributed by atoms with Crippen LogP contribution in [0, 0.1) is 11.7 Å². The van der Waals surface area contributed by atoms with Crippen molar-refractivity contribution >= 4 is 11.9 Å². The second-order valence-electron chi connectivity index (χ2n) is 7.47. The van der Waals surface area contributed by atoms with Gasteiger partial charge in [0.1, 0.15) is 23.7 Å². The molecule has 0 bridgehead atoms. The van der Waals surface area contributed by atoms with Crippen molar-refractivity contribution in [1.82, 2.24) is 4.90 Å². The molecule has 1 saturated heterocycles. The van der Waals surface area contributed by atoms with Crippen LogP contribution >= 0.6 is 0 Å². The van der Waals surface area contributed by atoms with E-state index < -0.39 is 12.1 Å². The van der Waals surface area contributed by atoms with Gasteiger partial charge in [-0.1, -0.05) is 31.2 Å². The number of ether oxygens (including phenoxy) is 2. The van der Waals surface area contributed by atoms with E-state index in [1.54, 1.807) is 48.2 Å². The molecule has 0 aliphatic carbocycles. The number of rotatable bonds is 6. The van der Waals surface area contributed by atoms with Gasteiger partial charge in [-0.25, -0.2) is 9.18 Å². The molecule has 1 heterocycles. The van der Waals surface area contributed by atoms with Crippen molar-refractivity contribution in [3.05, 3.63) is 65.5 Å². The number of benzene rings is 2. The van der Waals surface area contributed by atoms with Gasteiger partial charge in [-0.05, 0) is 55.5 Å². The van der Waals surface area contributed by atoms with Gasteiger partial charge in [0.25, 0.3) is 5.91 Å². The second kappa shape index (κ2) is 9.54. The summed E-state index contributed by atoms with van der Waals surface area (Å²) in [4.78, 5) is 27.0. The smallest absolute Gasteiger partial charge is 0.342 e. The zero-order valence-corrected chi connectivity index (χ0v) is 16.8. The molecule has 1 aliphatic heterocycles. The van der Waals surface area contributed by atoms with Crippen molar-refractivity contribution in [3.8, 4) is 5.75 Å². The van der Waals surface area contributed by atoms with E-state index in [4.69, 9.17) is 9.47 Å². The van der Waals surface area contributed by atoms with Crippen molar-refractivity contribution in [2.45, 2.75) is 39.4 Å². The minimum atomic E-state index is -0.860. The highest BCUT2D eigenvalue weighted by Crippen LogP contribution is 2.22. The summed E-state index contributed by atoms with van der Waals surface area (Å²) in [6.45, 7) is 5.35. The van der Waals surface area contributed by atoms with Gasteiger partial charge in [0.15, 0.2) is 6.10 Å². The number of halogens is 1. The van der Waals surface area contributed by atoms with Crippen molar-refractivity contribution in [1.29, 1.82) is 0 Å². The van der Waals surface area contributed by atoms with Crippen LogP contribution in [0.1, 0.15) is 42.6 Å². The number of carbonyl (C=O) groups is 2. The predicted molar refractivity (Wildman–Crippen MR) is 107 cm³/mol. The molecule has 0 saturated carbocycles. The monoisotopic (exact) mass is 399 g/mol. The SMILES string of the molecule is CC1CCN(C(=O)[C@H](C)OC(=O)c2ccccc2OCc2ccc(F)cc2)CC1. The van der Waals surface area contributed by atoms with E-state index in [-0.39, 0.29) is 23.9 Å². The summed E-state index contributed by atoms with van der Waals surface area (Å²) in [5.41, 5.74) is 1.03. The third-order valence-corrected chi connectivity index (χ3v) is 5.14. The van der Waals surface area contributed by atoms with Crippen LogP contribution in [0.4, 0.5) is 4.39 Å². The number of carbonyl (C=O) groups excluding carboxylic acids is 2. The number of piperidine rings is 1. The summed E-state index contributed by atoms with van der Waals surface area (Å²) >= 11 is 0. The van der Waals surface area contributed by atoms with Gasteiger partial charge in [0, 0.05) is 13.1 Å². The number of hydrogen-bond acceptors (Lipinski definition) is 4. The molecule has 0 unspecified atom stereocenters. The zero-order valence-electron chi connectivity index (χ0n) is 16.8. The van der Waals surface area contributed by atoms with Crippen LogP contribution in [0.15, 0.2) is 48.5 Å². The van der Waals surface area contributed by atoms with Crippen LogP contribution in [-0.4, -0.2) is 36.0 Å². The Kier molecular flexibility index (Phi) is 6.86. The summed E-state index contributed by atoms with van der Waals surface area (Å²) in [6.07, 6.45) is 1.07. The molecular formula is C23H26FNO4. The highest BCUT2D eigenvalue weighted by molar-refractivity contribution is 5.94. The Morgan fingerprint density at radius 1 is 1.10 bits per heavy atom. The van der Waals surface area contributed by atoms with Gasteiger partial charge in [-0.3, -0.25) is 4.79 Å². The molecule has 2 aromatic carbocycles. The Labute approximate surface area is 170 Å². The lowest BCUT2D eigenvalue weighted by Crippen LogP contribution is -2.44. The van der Waals surface area contributed by atoms with Crippen LogP contribution < -0.4 is 4.74 Å². The van der Waals surface area contributed by atoms with E-state index in [0.29, 0.717) is 24.8 Å². The Balaban J connectivity index is 1.61. The molecule has 0 aromatic heterocycles. The van der Waals surface area contributed by atoms with Crippen molar-refractivity contribution < 1.29 is 23.5 Å². The molecule has 0 spiro atoms. The van der Waals surface area contributed by atoms with Crippen LogP contribution in [0.25, 0.3) is 0 Å². The Bertz CT molecular complexity index is 844. The highest BCUT2D eigenvalue weighted by atomic mass is 19.1. The molecular weight excluding hydrogens is 373 g/mol. The van der Waals surface area contributed by atoms with E-state index in [1.165, 1.54) is 12.1 Å².